The van der Waals surface area contributed by atoms with Gasteiger partial charge in [0.2, 0.25) is 9.84 Å². The molecule has 1 rings (SSSR count). The van der Waals surface area contributed by atoms with Crippen molar-refractivity contribution in [2.24, 2.45) is 0 Å². The lowest BCUT2D eigenvalue weighted by Crippen LogP contribution is -1.97. The maximum Gasteiger partial charge on any atom is 0.202 e. The predicted octanol–water partition coefficient (Wildman–Crippen LogP) is 1.39. The minimum absolute atomic E-state index is 0.296. The minimum Gasteiger partial charge on any atom is -0.219 e. The molecule has 54 valence electrons. The van der Waals surface area contributed by atoms with Gasteiger partial charge in [-0.2, -0.15) is 0 Å². The van der Waals surface area contributed by atoms with Crippen molar-refractivity contribution in [3.05, 3.63) is 34.6 Å². The Labute approximate surface area is 60.5 Å². The summed E-state index contributed by atoms with van der Waals surface area (Å²) in [5.74, 6) is 0. The molecule has 2 nitrogen and oxygen atoms in total. The highest BCUT2D eigenvalue weighted by atomic mass is 32.2. The summed E-state index contributed by atoms with van der Waals surface area (Å²) in [4.78, 5) is 0.687. The van der Waals surface area contributed by atoms with E-state index >= 15 is 0 Å². The quantitative estimate of drug-likeness (QED) is 0.575. The zero-order chi connectivity index (χ0) is 7.78. The Hall–Kier alpha value is -0.830. The molecule has 1 aliphatic rings. The van der Waals surface area contributed by atoms with Crippen LogP contribution in [0.15, 0.2) is 34.6 Å². The van der Waals surface area contributed by atoms with E-state index in [4.69, 9.17) is 0 Å². The molecule has 0 aromatic carbocycles. The highest BCUT2D eigenvalue weighted by molar-refractivity contribution is 7.99. The van der Waals surface area contributed by atoms with E-state index in [1.54, 1.807) is 19.1 Å². The normalized spacial score (nSPS) is 21.7. The molecular weight excluding hydrogens is 148 g/mol. The lowest BCUT2D eigenvalue weighted by molar-refractivity contribution is 0.609. The molecule has 0 aromatic rings. The van der Waals surface area contributed by atoms with Crippen LogP contribution >= 0.6 is 0 Å². The largest absolute Gasteiger partial charge is 0.219 e. The van der Waals surface area contributed by atoms with Gasteiger partial charge in [0.25, 0.3) is 0 Å². The van der Waals surface area contributed by atoms with Gasteiger partial charge in [-0.25, -0.2) is 8.42 Å². The van der Waals surface area contributed by atoms with Crippen LogP contribution in [0.1, 0.15) is 6.92 Å². The fourth-order valence-electron chi connectivity index (χ4n) is 0.742. The summed E-state index contributed by atoms with van der Waals surface area (Å²) >= 11 is 0. The summed E-state index contributed by atoms with van der Waals surface area (Å²) < 4.78 is 22.2. The molecule has 0 amide bonds. The van der Waals surface area contributed by atoms with E-state index in [0.29, 0.717) is 9.81 Å². The molecule has 0 bridgehead atoms. The zero-order valence-corrected chi connectivity index (χ0v) is 6.48. The van der Waals surface area contributed by atoms with Crippen LogP contribution in [0.25, 0.3) is 0 Å². The van der Waals surface area contributed by atoms with Gasteiger partial charge in [0.15, 0.2) is 0 Å². The summed E-state index contributed by atoms with van der Waals surface area (Å²) in [5.41, 5.74) is 0. The maximum absolute atomic E-state index is 11.1. The van der Waals surface area contributed by atoms with Crippen LogP contribution in [0.2, 0.25) is 0 Å². The van der Waals surface area contributed by atoms with Crippen LogP contribution in [0, 0.1) is 0 Å². The first-order valence-electron chi connectivity index (χ1n) is 2.85. The molecule has 0 fully saturated rings. The average Bonchev–Trinajstić information content (AvgIpc) is 2.10. The van der Waals surface area contributed by atoms with E-state index in [2.05, 4.69) is 6.58 Å². The zero-order valence-electron chi connectivity index (χ0n) is 5.66. The standard InChI is InChI=1S/C7H8O2S/c1-3-7-5-4-6(2)10(7,8)9/h3-5H,1H2,2H3. The van der Waals surface area contributed by atoms with Crippen molar-refractivity contribution in [1.29, 1.82) is 0 Å². The molecule has 3 heteroatoms. The first-order chi connectivity index (χ1) is 4.59. The fourth-order valence-corrected chi connectivity index (χ4v) is 1.83. The summed E-state index contributed by atoms with van der Waals surface area (Å²) in [6, 6.07) is 0. The highest BCUT2D eigenvalue weighted by Gasteiger charge is 2.20. The molecular formula is C7H8O2S. The van der Waals surface area contributed by atoms with Gasteiger partial charge in [-0.15, -0.1) is 0 Å². The third-order valence-electron chi connectivity index (χ3n) is 1.42. The fraction of sp³-hybridized carbons (Fsp3) is 0.143. The molecule has 1 aliphatic heterocycles. The Kier molecular flexibility index (Phi) is 1.52. The van der Waals surface area contributed by atoms with E-state index in [1.807, 2.05) is 0 Å². The van der Waals surface area contributed by atoms with Crippen molar-refractivity contribution in [3.63, 3.8) is 0 Å². The third kappa shape index (κ3) is 0.827. The van der Waals surface area contributed by atoms with Gasteiger partial charge in [-0.05, 0) is 19.1 Å². The predicted molar refractivity (Wildman–Crippen MR) is 41.0 cm³/mol. The van der Waals surface area contributed by atoms with Crippen LogP contribution in [-0.4, -0.2) is 8.42 Å². The first-order valence-corrected chi connectivity index (χ1v) is 4.33. The van der Waals surface area contributed by atoms with E-state index in [0.717, 1.165) is 0 Å². The summed E-state index contributed by atoms with van der Waals surface area (Å²) in [6.45, 7) is 4.96. The Morgan fingerprint density at radius 2 is 2.10 bits per heavy atom. The monoisotopic (exact) mass is 156 g/mol. The van der Waals surface area contributed by atoms with Crippen molar-refractivity contribution in [1.82, 2.24) is 0 Å². The van der Waals surface area contributed by atoms with Crippen molar-refractivity contribution < 1.29 is 8.42 Å². The second kappa shape index (κ2) is 2.09. The highest BCUT2D eigenvalue weighted by Crippen LogP contribution is 2.23. The van der Waals surface area contributed by atoms with Crippen LogP contribution in [-0.2, 0) is 9.84 Å². The second-order valence-corrected chi connectivity index (χ2v) is 4.18. The Balaban J connectivity index is 3.26. The topological polar surface area (TPSA) is 34.1 Å². The van der Waals surface area contributed by atoms with Gasteiger partial charge < -0.3 is 0 Å². The van der Waals surface area contributed by atoms with Crippen molar-refractivity contribution in [2.75, 3.05) is 0 Å². The minimum atomic E-state index is -3.11. The molecule has 0 atom stereocenters. The van der Waals surface area contributed by atoms with E-state index in [-0.39, 0.29) is 0 Å². The number of hydrogen-bond acceptors (Lipinski definition) is 2. The average molecular weight is 156 g/mol. The number of sulfone groups is 1. The van der Waals surface area contributed by atoms with E-state index in [9.17, 15) is 8.42 Å². The second-order valence-electron chi connectivity index (χ2n) is 2.05. The molecule has 0 spiro atoms. The summed E-state index contributed by atoms with van der Waals surface area (Å²) in [5, 5.41) is 0. The molecule has 0 saturated heterocycles. The van der Waals surface area contributed by atoms with Gasteiger partial charge in [0, 0.05) is 4.91 Å². The molecule has 0 saturated carbocycles. The lowest BCUT2D eigenvalue weighted by Gasteiger charge is -1.95. The maximum atomic E-state index is 11.1. The molecule has 0 aromatic heterocycles. The number of rotatable bonds is 1. The Morgan fingerprint density at radius 1 is 1.50 bits per heavy atom. The number of allylic oxidation sites excluding steroid dienone is 4. The van der Waals surface area contributed by atoms with Crippen LogP contribution < -0.4 is 0 Å². The Bertz CT molecular complexity index is 318. The first kappa shape index (κ1) is 7.28. The lowest BCUT2D eigenvalue weighted by atomic mass is 10.4. The van der Waals surface area contributed by atoms with E-state index < -0.39 is 9.84 Å². The molecule has 10 heavy (non-hydrogen) atoms. The molecule has 0 N–H and O–H groups in total. The summed E-state index contributed by atoms with van der Waals surface area (Å²) in [6.07, 6.45) is 4.48. The number of hydrogen-bond donors (Lipinski definition) is 0. The van der Waals surface area contributed by atoms with Crippen molar-refractivity contribution >= 4 is 9.84 Å². The van der Waals surface area contributed by atoms with Gasteiger partial charge in [-0.3, -0.25) is 0 Å². The van der Waals surface area contributed by atoms with Crippen LogP contribution in [0.5, 0.6) is 0 Å². The van der Waals surface area contributed by atoms with Gasteiger partial charge in [0.1, 0.15) is 0 Å². The van der Waals surface area contributed by atoms with Crippen molar-refractivity contribution in [3.8, 4) is 0 Å². The van der Waals surface area contributed by atoms with Crippen LogP contribution in [0.3, 0.4) is 0 Å². The SMILES string of the molecule is C=CC1=CC=C(C)S1(=O)=O. The van der Waals surface area contributed by atoms with E-state index in [1.165, 1.54) is 6.08 Å². The van der Waals surface area contributed by atoms with Gasteiger partial charge in [0.05, 0.1) is 4.91 Å². The molecule has 1 heterocycles. The van der Waals surface area contributed by atoms with Crippen molar-refractivity contribution in [2.45, 2.75) is 6.92 Å². The smallest absolute Gasteiger partial charge is 0.202 e. The van der Waals surface area contributed by atoms with Gasteiger partial charge >= 0.3 is 0 Å². The Morgan fingerprint density at radius 3 is 2.30 bits per heavy atom. The summed E-state index contributed by atoms with van der Waals surface area (Å²) in [7, 11) is -3.11. The molecule has 0 unspecified atom stereocenters. The third-order valence-corrected chi connectivity index (χ3v) is 3.32. The van der Waals surface area contributed by atoms with Gasteiger partial charge in [-0.1, -0.05) is 12.7 Å². The molecule has 0 radical (unpaired) electrons. The molecule has 0 aliphatic carbocycles. The van der Waals surface area contributed by atoms with Crippen LogP contribution in [0.4, 0.5) is 0 Å².